The molecule has 6 nitrogen and oxygen atoms in total. The molecule has 3 rings (SSSR count). The standard InChI is InChI=1S/C15H10O6/c1-19-15(18)9-3-5-11-13(7-9)21-12-6-8(14(16)17)2-4-10(12)20-11/h2-7H,1H3,(H,16,17). The number of benzene rings is 2. The molecule has 1 heterocycles. The summed E-state index contributed by atoms with van der Waals surface area (Å²) in [5, 5.41) is 8.97. The monoisotopic (exact) mass is 286 g/mol. The highest BCUT2D eigenvalue weighted by molar-refractivity contribution is 5.90. The summed E-state index contributed by atoms with van der Waals surface area (Å²) in [6.45, 7) is 0. The average molecular weight is 286 g/mol. The van der Waals surface area contributed by atoms with Gasteiger partial charge < -0.3 is 19.3 Å². The van der Waals surface area contributed by atoms with Crippen molar-refractivity contribution >= 4 is 11.9 Å². The number of methoxy groups -OCH3 is 1. The fraction of sp³-hybridized carbons (Fsp3) is 0.0667. The zero-order chi connectivity index (χ0) is 15.0. The number of aromatic carboxylic acids is 1. The third-order valence-electron chi connectivity index (χ3n) is 3.00. The van der Waals surface area contributed by atoms with E-state index < -0.39 is 11.9 Å². The molecule has 1 N–H and O–H groups in total. The van der Waals surface area contributed by atoms with E-state index in [1.54, 1.807) is 12.1 Å². The fourth-order valence-corrected chi connectivity index (χ4v) is 1.96. The van der Waals surface area contributed by atoms with Crippen LogP contribution in [0, 0.1) is 0 Å². The van der Waals surface area contributed by atoms with Crippen molar-refractivity contribution in [1.29, 1.82) is 0 Å². The van der Waals surface area contributed by atoms with Gasteiger partial charge in [-0.2, -0.15) is 0 Å². The molecule has 0 amide bonds. The van der Waals surface area contributed by atoms with E-state index in [4.69, 9.17) is 14.6 Å². The van der Waals surface area contributed by atoms with Crippen molar-refractivity contribution in [3.8, 4) is 23.0 Å². The van der Waals surface area contributed by atoms with Crippen molar-refractivity contribution in [2.45, 2.75) is 0 Å². The minimum atomic E-state index is -1.06. The van der Waals surface area contributed by atoms with E-state index in [2.05, 4.69) is 4.74 Å². The summed E-state index contributed by atoms with van der Waals surface area (Å²) in [7, 11) is 1.29. The average Bonchev–Trinajstić information content (AvgIpc) is 2.50. The van der Waals surface area contributed by atoms with Crippen LogP contribution in [0.3, 0.4) is 0 Å². The summed E-state index contributed by atoms with van der Waals surface area (Å²) in [5.41, 5.74) is 0.405. The second-order valence-corrected chi connectivity index (χ2v) is 4.32. The van der Waals surface area contributed by atoms with Gasteiger partial charge >= 0.3 is 11.9 Å². The number of hydrogen-bond donors (Lipinski definition) is 1. The Morgan fingerprint density at radius 3 is 2.00 bits per heavy atom. The first kappa shape index (κ1) is 13.0. The van der Waals surface area contributed by atoms with E-state index in [1.807, 2.05) is 0 Å². The third-order valence-corrected chi connectivity index (χ3v) is 3.00. The number of carbonyl (C=O) groups excluding carboxylic acids is 1. The molecule has 21 heavy (non-hydrogen) atoms. The van der Waals surface area contributed by atoms with Crippen molar-refractivity contribution in [3.05, 3.63) is 47.5 Å². The van der Waals surface area contributed by atoms with Crippen LogP contribution in [0.25, 0.3) is 0 Å². The number of ether oxygens (including phenoxy) is 3. The van der Waals surface area contributed by atoms with E-state index in [0.29, 0.717) is 22.8 Å². The Labute approximate surface area is 119 Å². The highest BCUT2D eigenvalue weighted by atomic mass is 16.6. The molecule has 0 radical (unpaired) electrons. The highest BCUT2D eigenvalue weighted by Gasteiger charge is 2.21. The van der Waals surface area contributed by atoms with Crippen LogP contribution in [0.2, 0.25) is 0 Å². The van der Waals surface area contributed by atoms with Gasteiger partial charge in [-0.3, -0.25) is 0 Å². The minimum absolute atomic E-state index is 0.0879. The summed E-state index contributed by atoms with van der Waals surface area (Å²) in [6, 6.07) is 8.96. The maximum Gasteiger partial charge on any atom is 0.337 e. The first-order valence-electron chi connectivity index (χ1n) is 6.04. The number of rotatable bonds is 2. The van der Waals surface area contributed by atoms with Crippen LogP contribution >= 0.6 is 0 Å². The second-order valence-electron chi connectivity index (χ2n) is 4.32. The number of fused-ring (bicyclic) bond motifs is 2. The molecule has 0 unspecified atom stereocenters. The van der Waals surface area contributed by atoms with Crippen molar-refractivity contribution in [2.24, 2.45) is 0 Å². The number of carboxylic acid groups (broad SMARTS) is 1. The van der Waals surface area contributed by atoms with Gasteiger partial charge in [0.05, 0.1) is 18.2 Å². The number of carbonyl (C=O) groups is 2. The van der Waals surface area contributed by atoms with E-state index >= 15 is 0 Å². The Hall–Kier alpha value is -3.02. The summed E-state index contributed by atoms with van der Waals surface area (Å²) in [6.07, 6.45) is 0. The molecule has 0 aromatic heterocycles. The van der Waals surface area contributed by atoms with Crippen LogP contribution < -0.4 is 9.47 Å². The van der Waals surface area contributed by atoms with Crippen molar-refractivity contribution < 1.29 is 28.9 Å². The van der Waals surface area contributed by atoms with Gasteiger partial charge in [-0.15, -0.1) is 0 Å². The Kier molecular flexibility index (Phi) is 2.98. The van der Waals surface area contributed by atoms with Gasteiger partial charge in [0.2, 0.25) is 0 Å². The Morgan fingerprint density at radius 1 is 0.905 bits per heavy atom. The van der Waals surface area contributed by atoms with Gasteiger partial charge in [0.25, 0.3) is 0 Å². The predicted molar refractivity (Wildman–Crippen MR) is 71.3 cm³/mol. The van der Waals surface area contributed by atoms with Crippen molar-refractivity contribution in [2.75, 3.05) is 7.11 Å². The van der Waals surface area contributed by atoms with E-state index in [1.165, 1.54) is 31.4 Å². The maximum atomic E-state index is 11.5. The van der Waals surface area contributed by atoms with E-state index in [0.717, 1.165) is 0 Å². The smallest absolute Gasteiger partial charge is 0.337 e. The third kappa shape index (κ3) is 2.27. The Balaban J connectivity index is 1.99. The number of hydrogen-bond acceptors (Lipinski definition) is 5. The summed E-state index contributed by atoms with van der Waals surface area (Å²) >= 11 is 0. The minimum Gasteiger partial charge on any atom is -0.478 e. The lowest BCUT2D eigenvalue weighted by Gasteiger charge is -2.21. The van der Waals surface area contributed by atoms with Gasteiger partial charge in [0.1, 0.15) is 0 Å². The lowest BCUT2D eigenvalue weighted by Crippen LogP contribution is -2.05. The van der Waals surface area contributed by atoms with Gasteiger partial charge in [0.15, 0.2) is 23.0 Å². The molecule has 0 saturated heterocycles. The first-order valence-corrected chi connectivity index (χ1v) is 6.04. The van der Waals surface area contributed by atoms with Crippen LogP contribution in [0.1, 0.15) is 20.7 Å². The molecule has 1 aliphatic heterocycles. The van der Waals surface area contributed by atoms with Gasteiger partial charge in [-0.1, -0.05) is 0 Å². The summed E-state index contributed by atoms with van der Waals surface area (Å²) < 4.78 is 15.9. The number of carboxylic acids is 1. The van der Waals surface area contributed by atoms with Crippen LogP contribution in [0.15, 0.2) is 36.4 Å². The Bertz CT molecular complexity index is 750. The topological polar surface area (TPSA) is 82.1 Å². The van der Waals surface area contributed by atoms with Crippen LogP contribution in [-0.2, 0) is 4.74 Å². The molecule has 106 valence electrons. The van der Waals surface area contributed by atoms with Gasteiger partial charge in [-0.05, 0) is 36.4 Å². The summed E-state index contributed by atoms with van der Waals surface area (Å²) in [4.78, 5) is 22.4. The second kappa shape index (κ2) is 4.82. The highest BCUT2D eigenvalue weighted by Crippen LogP contribution is 2.45. The van der Waals surface area contributed by atoms with Crippen LogP contribution in [0.4, 0.5) is 0 Å². The van der Waals surface area contributed by atoms with Gasteiger partial charge in [-0.25, -0.2) is 9.59 Å². The molecular weight excluding hydrogens is 276 g/mol. The predicted octanol–water partition coefficient (Wildman–Crippen LogP) is 3.07. The van der Waals surface area contributed by atoms with E-state index in [-0.39, 0.29) is 11.3 Å². The fourth-order valence-electron chi connectivity index (χ4n) is 1.96. The van der Waals surface area contributed by atoms with Crippen molar-refractivity contribution in [1.82, 2.24) is 0 Å². The molecule has 6 heteroatoms. The SMILES string of the molecule is COC(=O)c1ccc2c(c1)Oc1cc(C(=O)O)ccc1O2. The first-order chi connectivity index (χ1) is 10.1. The molecule has 0 bridgehead atoms. The van der Waals surface area contributed by atoms with Crippen LogP contribution in [-0.4, -0.2) is 24.2 Å². The molecular formula is C15H10O6. The maximum absolute atomic E-state index is 11.5. The zero-order valence-corrected chi connectivity index (χ0v) is 11.0. The lowest BCUT2D eigenvalue weighted by atomic mass is 10.1. The molecule has 0 aliphatic carbocycles. The normalized spacial score (nSPS) is 11.5. The van der Waals surface area contributed by atoms with E-state index in [9.17, 15) is 9.59 Å². The molecule has 0 spiro atoms. The molecule has 0 fully saturated rings. The van der Waals surface area contributed by atoms with Gasteiger partial charge in [0, 0.05) is 0 Å². The lowest BCUT2D eigenvalue weighted by molar-refractivity contribution is 0.0599. The molecule has 2 aromatic rings. The summed E-state index contributed by atoms with van der Waals surface area (Å²) in [5.74, 6) is -0.0871. The Morgan fingerprint density at radius 2 is 1.43 bits per heavy atom. The van der Waals surface area contributed by atoms with Crippen molar-refractivity contribution in [3.63, 3.8) is 0 Å². The molecule has 0 atom stereocenters. The molecule has 1 aliphatic rings. The zero-order valence-electron chi connectivity index (χ0n) is 11.0. The molecule has 0 saturated carbocycles. The van der Waals surface area contributed by atoms with Crippen LogP contribution in [0.5, 0.6) is 23.0 Å². The molecule has 2 aromatic carbocycles. The quantitative estimate of drug-likeness (QED) is 0.729. The number of esters is 1. The largest absolute Gasteiger partial charge is 0.478 e.